The van der Waals surface area contributed by atoms with Crippen molar-refractivity contribution in [1.29, 1.82) is 0 Å². The lowest BCUT2D eigenvalue weighted by molar-refractivity contribution is -0.117. The normalized spacial score (nSPS) is 21.1. The molecule has 1 aromatic rings. The number of para-hydroxylation sites is 1. The van der Waals surface area contributed by atoms with Crippen molar-refractivity contribution in [3.05, 3.63) is 29.8 Å². The number of rotatable bonds is 1. The Bertz CT molecular complexity index is 390. The summed E-state index contributed by atoms with van der Waals surface area (Å²) in [6, 6.07) is 3.57. The van der Waals surface area contributed by atoms with Crippen LogP contribution in [0, 0.1) is 11.6 Å². The van der Waals surface area contributed by atoms with Crippen LogP contribution in [-0.4, -0.2) is 17.3 Å². The van der Waals surface area contributed by atoms with Crippen molar-refractivity contribution >= 4 is 27.5 Å². The van der Waals surface area contributed by atoms with Crippen LogP contribution in [0.15, 0.2) is 18.2 Å². The molecule has 1 heterocycles. The third kappa shape index (κ3) is 1.88. The highest BCUT2D eigenvalue weighted by Crippen LogP contribution is 2.29. The van der Waals surface area contributed by atoms with Gasteiger partial charge in [0.25, 0.3) is 0 Å². The SMILES string of the molecule is O=C1CC(Br)CN1c1c(F)cccc1F. The summed E-state index contributed by atoms with van der Waals surface area (Å²) in [5.41, 5.74) is -0.246. The van der Waals surface area contributed by atoms with Crippen molar-refractivity contribution < 1.29 is 13.6 Å². The van der Waals surface area contributed by atoms with Crippen LogP contribution in [0.5, 0.6) is 0 Å². The number of hydrogen-bond donors (Lipinski definition) is 0. The number of nitrogens with zero attached hydrogens (tertiary/aromatic N) is 1. The van der Waals surface area contributed by atoms with Crippen LogP contribution < -0.4 is 4.90 Å². The predicted octanol–water partition coefficient (Wildman–Crippen LogP) is 2.47. The molecule has 2 rings (SSSR count). The minimum absolute atomic E-state index is 0.0380. The maximum absolute atomic E-state index is 13.4. The van der Waals surface area contributed by atoms with Crippen LogP contribution in [0.4, 0.5) is 14.5 Å². The molecule has 0 aromatic heterocycles. The molecule has 1 fully saturated rings. The first-order valence-electron chi connectivity index (χ1n) is 4.48. The molecule has 5 heteroatoms. The molecular formula is C10H8BrF2NO. The van der Waals surface area contributed by atoms with E-state index in [1.54, 1.807) is 0 Å². The summed E-state index contributed by atoms with van der Waals surface area (Å²) >= 11 is 3.26. The Morgan fingerprint density at radius 2 is 1.93 bits per heavy atom. The third-order valence-electron chi connectivity index (χ3n) is 2.29. The maximum Gasteiger partial charge on any atom is 0.228 e. The number of anilines is 1. The zero-order valence-electron chi connectivity index (χ0n) is 7.71. The smallest absolute Gasteiger partial charge is 0.228 e. The largest absolute Gasteiger partial charge is 0.306 e. The van der Waals surface area contributed by atoms with Crippen molar-refractivity contribution in [2.45, 2.75) is 11.2 Å². The Hall–Kier alpha value is -0.970. The van der Waals surface area contributed by atoms with Crippen LogP contribution in [0.25, 0.3) is 0 Å². The van der Waals surface area contributed by atoms with Crippen molar-refractivity contribution in [2.24, 2.45) is 0 Å². The Labute approximate surface area is 94.0 Å². The molecule has 2 nitrogen and oxygen atoms in total. The first-order chi connectivity index (χ1) is 7.09. The van der Waals surface area contributed by atoms with Crippen LogP contribution in [0.3, 0.4) is 0 Å². The number of amides is 1. The molecule has 0 spiro atoms. The Kier molecular flexibility index (Phi) is 2.73. The molecule has 15 heavy (non-hydrogen) atoms. The Morgan fingerprint density at radius 3 is 2.40 bits per heavy atom. The molecule has 0 bridgehead atoms. The van der Waals surface area contributed by atoms with Gasteiger partial charge in [0.1, 0.15) is 17.3 Å². The Morgan fingerprint density at radius 1 is 1.33 bits per heavy atom. The zero-order chi connectivity index (χ0) is 11.0. The topological polar surface area (TPSA) is 20.3 Å². The fourth-order valence-electron chi connectivity index (χ4n) is 1.63. The van der Waals surface area contributed by atoms with E-state index in [9.17, 15) is 13.6 Å². The van der Waals surface area contributed by atoms with Gasteiger partial charge in [0.15, 0.2) is 0 Å². The fourth-order valence-corrected chi connectivity index (χ4v) is 2.19. The standard InChI is InChI=1S/C10H8BrF2NO/c11-6-4-9(15)14(5-6)10-7(12)2-1-3-8(10)13/h1-3,6H,4-5H2. The predicted molar refractivity (Wildman–Crippen MR) is 56.0 cm³/mol. The van der Waals surface area contributed by atoms with E-state index in [1.807, 2.05) is 0 Å². The summed E-state index contributed by atoms with van der Waals surface area (Å²) in [5.74, 6) is -1.67. The minimum atomic E-state index is -0.704. The van der Waals surface area contributed by atoms with Gasteiger partial charge < -0.3 is 4.90 Å². The van der Waals surface area contributed by atoms with Crippen LogP contribution in [-0.2, 0) is 4.79 Å². The van der Waals surface area contributed by atoms with Gasteiger partial charge in [0.05, 0.1) is 0 Å². The number of halogens is 3. The lowest BCUT2D eigenvalue weighted by Crippen LogP contribution is -2.26. The van der Waals surface area contributed by atoms with E-state index < -0.39 is 11.6 Å². The Balaban J connectivity index is 2.41. The second kappa shape index (κ2) is 3.89. The van der Waals surface area contributed by atoms with Crippen LogP contribution in [0.1, 0.15) is 6.42 Å². The lowest BCUT2D eigenvalue weighted by atomic mass is 10.2. The molecular weight excluding hydrogens is 268 g/mol. The molecule has 80 valence electrons. The number of hydrogen-bond acceptors (Lipinski definition) is 1. The van der Waals surface area contributed by atoms with E-state index >= 15 is 0 Å². The van der Waals surface area contributed by atoms with E-state index in [0.717, 1.165) is 17.0 Å². The minimum Gasteiger partial charge on any atom is -0.306 e. The summed E-state index contributed by atoms with van der Waals surface area (Å²) in [6.07, 6.45) is 0.272. The van der Waals surface area contributed by atoms with E-state index in [1.165, 1.54) is 6.07 Å². The van der Waals surface area contributed by atoms with Crippen molar-refractivity contribution in [3.8, 4) is 0 Å². The summed E-state index contributed by atoms with van der Waals surface area (Å²) in [6.45, 7) is 0.302. The van der Waals surface area contributed by atoms with E-state index in [0.29, 0.717) is 6.54 Å². The van der Waals surface area contributed by atoms with Gasteiger partial charge in [0, 0.05) is 17.8 Å². The zero-order valence-corrected chi connectivity index (χ0v) is 9.30. The molecule has 1 saturated heterocycles. The monoisotopic (exact) mass is 275 g/mol. The average molecular weight is 276 g/mol. The second-order valence-corrected chi connectivity index (χ2v) is 4.67. The van der Waals surface area contributed by atoms with E-state index in [-0.39, 0.29) is 22.8 Å². The highest BCUT2D eigenvalue weighted by Gasteiger charge is 2.32. The molecule has 0 aliphatic carbocycles. The van der Waals surface area contributed by atoms with Crippen molar-refractivity contribution in [1.82, 2.24) is 0 Å². The average Bonchev–Trinajstić information content (AvgIpc) is 2.45. The van der Waals surface area contributed by atoms with Crippen LogP contribution >= 0.6 is 15.9 Å². The van der Waals surface area contributed by atoms with Gasteiger partial charge in [-0.15, -0.1) is 0 Å². The molecule has 1 aliphatic heterocycles. The van der Waals surface area contributed by atoms with Crippen molar-refractivity contribution in [3.63, 3.8) is 0 Å². The fraction of sp³-hybridized carbons (Fsp3) is 0.300. The first kappa shape index (κ1) is 10.5. The number of alkyl halides is 1. The van der Waals surface area contributed by atoms with Gasteiger partial charge in [-0.05, 0) is 12.1 Å². The van der Waals surface area contributed by atoms with Crippen molar-refractivity contribution in [2.75, 3.05) is 11.4 Å². The molecule has 1 aromatic carbocycles. The number of benzene rings is 1. The highest BCUT2D eigenvalue weighted by molar-refractivity contribution is 9.09. The molecule has 1 amide bonds. The molecule has 1 unspecified atom stereocenters. The maximum atomic E-state index is 13.4. The van der Waals surface area contributed by atoms with Crippen LogP contribution in [0.2, 0.25) is 0 Å². The summed E-state index contributed by atoms with van der Waals surface area (Å²) in [5, 5.41) is 0. The van der Waals surface area contributed by atoms with E-state index in [2.05, 4.69) is 15.9 Å². The molecule has 1 atom stereocenters. The van der Waals surface area contributed by atoms with Gasteiger partial charge in [-0.25, -0.2) is 8.78 Å². The highest BCUT2D eigenvalue weighted by atomic mass is 79.9. The molecule has 0 radical (unpaired) electrons. The second-order valence-electron chi connectivity index (χ2n) is 3.38. The van der Waals surface area contributed by atoms with Gasteiger partial charge in [-0.2, -0.15) is 0 Å². The van der Waals surface area contributed by atoms with Gasteiger partial charge >= 0.3 is 0 Å². The van der Waals surface area contributed by atoms with Gasteiger partial charge in [-0.3, -0.25) is 4.79 Å². The molecule has 0 saturated carbocycles. The van der Waals surface area contributed by atoms with Gasteiger partial charge in [0.2, 0.25) is 5.91 Å². The summed E-state index contributed by atoms with van der Waals surface area (Å²) < 4.78 is 26.7. The quantitative estimate of drug-likeness (QED) is 0.721. The number of carbonyl (C=O) groups is 1. The van der Waals surface area contributed by atoms with E-state index in [4.69, 9.17) is 0 Å². The van der Waals surface area contributed by atoms with Gasteiger partial charge in [-0.1, -0.05) is 22.0 Å². The third-order valence-corrected chi connectivity index (χ3v) is 2.90. The summed E-state index contributed by atoms with van der Waals surface area (Å²) in [7, 11) is 0. The lowest BCUT2D eigenvalue weighted by Gasteiger charge is -2.17. The number of carbonyl (C=O) groups excluding carboxylic acids is 1. The summed E-state index contributed by atoms with van der Waals surface area (Å²) in [4.78, 5) is 12.6. The molecule has 0 N–H and O–H groups in total. The molecule has 1 aliphatic rings. The first-order valence-corrected chi connectivity index (χ1v) is 5.39.